The van der Waals surface area contributed by atoms with Gasteiger partial charge in [-0.05, 0) is 20.3 Å². The van der Waals surface area contributed by atoms with Gasteiger partial charge in [-0.1, -0.05) is 40.9 Å². The van der Waals surface area contributed by atoms with E-state index in [1.807, 2.05) is 0 Å². The first kappa shape index (κ1) is 33.4. The van der Waals surface area contributed by atoms with E-state index >= 15 is 0 Å². The highest BCUT2D eigenvalue weighted by Gasteiger charge is 2.43. The number of Topliss-reactive ketones (excluding diaryl/α,β-unsaturated/α-hetero) is 3. The van der Waals surface area contributed by atoms with Crippen LogP contribution in [0.25, 0.3) is 0 Å². The van der Waals surface area contributed by atoms with E-state index in [1.54, 1.807) is 27.7 Å². The normalized spacial score (nSPS) is 15.5. The van der Waals surface area contributed by atoms with Gasteiger partial charge in [-0.15, -0.1) is 0 Å². The van der Waals surface area contributed by atoms with Crippen LogP contribution >= 0.6 is 0 Å². The molecule has 0 saturated carbocycles. The van der Waals surface area contributed by atoms with E-state index in [9.17, 15) is 36.0 Å². The molecule has 0 saturated heterocycles. The minimum atomic E-state index is -3.47. The van der Waals surface area contributed by atoms with E-state index in [4.69, 9.17) is 0 Å². The zero-order valence-corrected chi connectivity index (χ0v) is 24.7. The first-order chi connectivity index (χ1) is 17.2. The minimum absolute atomic E-state index is 0.0152. The molecule has 0 spiro atoms. The van der Waals surface area contributed by atoms with E-state index < -0.39 is 36.4 Å². The molecule has 0 aromatic heterocycles. The Kier molecular flexibility index (Phi) is 10.9. The number of ketones is 3. The van der Waals surface area contributed by atoms with Crippen LogP contribution in [0.15, 0.2) is 46.3 Å². The Bertz CT molecular complexity index is 1210. The van der Waals surface area contributed by atoms with Crippen LogP contribution in [0.3, 0.4) is 0 Å². The predicted octanol–water partition coefficient (Wildman–Crippen LogP) is 3.19. The average molecular weight is 570 g/mol. The summed E-state index contributed by atoms with van der Waals surface area (Å²) in [5.74, 6) is -1.95. The summed E-state index contributed by atoms with van der Waals surface area (Å²) < 4.78 is 46.2. The van der Waals surface area contributed by atoms with Gasteiger partial charge in [-0.2, -0.15) is 0 Å². The topological polar surface area (TPSA) is 149 Å². The highest BCUT2D eigenvalue weighted by Crippen LogP contribution is 2.44. The highest BCUT2D eigenvalue weighted by molar-refractivity contribution is 7.94. The third-order valence-corrected chi connectivity index (χ3v) is 9.23. The number of amides is 1. The van der Waals surface area contributed by atoms with Crippen LogP contribution in [0.5, 0.6) is 0 Å². The van der Waals surface area contributed by atoms with Gasteiger partial charge in [0.15, 0.2) is 31.2 Å². The van der Waals surface area contributed by atoms with Crippen LogP contribution < -0.4 is 5.32 Å². The van der Waals surface area contributed by atoms with E-state index in [0.717, 1.165) is 10.8 Å². The van der Waals surface area contributed by atoms with Crippen molar-refractivity contribution in [1.82, 2.24) is 5.32 Å². The largest absolute Gasteiger partial charge is 0.355 e. The Morgan fingerprint density at radius 3 is 1.66 bits per heavy atom. The van der Waals surface area contributed by atoms with E-state index in [-0.39, 0.29) is 83.4 Å². The summed E-state index contributed by atoms with van der Waals surface area (Å²) in [7, 11) is -6.89. The lowest BCUT2D eigenvalue weighted by molar-refractivity contribution is -0.124. The molecule has 1 rings (SSSR count). The fourth-order valence-electron chi connectivity index (χ4n) is 4.76. The van der Waals surface area contributed by atoms with Crippen LogP contribution in [0, 0.1) is 10.8 Å². The molecule has 38 heavy (non-hydrogen) atoms. The number of hydrogen-bond donors (Lipinski definition) is 1. The van der Waals surface area contributed by atoms with Gasteiger partial charge in [0.1, 0.15) is 5.78 Å². The summed E-state index contributed by atoms with van der Waals surface area (Å²) in [6.07, 6.45) is -0.0475. The van der Waals surface area contributed by atoms with Crippen molar-refractivity contribution in [3.05, 3.63) is 46.3 Å². The third kappa shape index (κ3) is 8.69. The Balaban J connectivity index is 3.08. The van der Waals surface area contributed by atoms with Crippen molar-refractivity contribution in [2.24, 2.45) is 10.8 Å². The van der Waals surface area contributed by atoms with Crippen molar-refractivity contribution in [3.63, 3.8) is 0 Å². The number of sulfone groups is 2. The fourth-order valence-corrected chi connectivity index (χ4v) is 6.03. The second-order valence-corrected chi connectivity index (χ2v) is 15.0. The van der Waals surface area contributed by atoms with Gasteiger partial charge in [0, 0.05) is 69.7 Å². The third-order valence-electron chi connectivity index (χ3n) is 6.58. The van der Waals surface area contributed by atoms with Crippen LogP contribution in [-0.2, 0) is 38.9 Å². The van der Waals surface area contributed by atoms with Gasteiger partial charge >= 0.3 is 0 Å². The molecule has 0 unspecified atom stereocenters. The Morgan fingerprint density at radius 2 is 1.21 bits per heavy atom. The molecule has 0 fully saturated rings. The van der Waals surface area contributed by atoms with E-state index in [2.05, 4.69) is 18.5 Å². The second kappa shape index (κ2) is 12.5. The quantitative estimate of drug-likeness (QED) is 0.296. The molecule has 1 amide bonds. The molecule has 0 atom stereocenters. The van der Waals surface area contributed by atoms with Crippen molar-refractivity contribution < 1.29 is 36.0 Å². The molecule has 212 valence electrons. The number of carbonyl (C=O) groups excluding carboxylic acids is 4. The minimum Gasteiger partial charge on any atom is -0.355 e. The molecule has 1 aliphatic carbocycles. The fraction of sp³-hybridized carbons (Fsp3) is 0.556. The zero-order valence-electron chi connectivity index (χ0n) is 23.1. The standard InChI is InChI=1S/C27H39NO8S2/c1-9-37(33,34)14-11-12-20(29)16-26(5,6)22-18(3)25(32)23(19(4)24(22)31)27(7,8)17-21(30)28-13-15-38(35,36)10-2/h9-10H,1-2,11-17H2,3-8H3,(H,28,30). The maximum Gasteiger partial charge on any atom is 0.220 e. The number of nitrogens with one attached hydrogen (secondary N) is 1. The van der Waals surface area contributed by atoms with Crippen LogP contribution in [0.1, 0.15) is 67.2 Å². The van der Waals surface area contributed by atoms with Gasteiger partial charge in [-0.25, -0.2) is 16.8 Å². The molecule has 9 nitrogen and oxygen atoms in total. The van der Waals surface area contributed by atoms with Crippen molar-refractivity contribution in [2.45, 2.75) is 67.2 Å². The molecule has 0 heterocycles. The average Bonchev–Trinajstić information content (AvgIpc) is 2.76. The van der Waals surface area contributed by atoms with Crippen LogP contribution in [0.4, 0.5) is 0 Å². The predicted molar refractivity (Wildman–Crippen MR) is 147 cm³/mol. The van der Waals surface area contributed by atoms with Crippen LogP contribution in [-0.4, -0.2) is 58.1 Å². The number of allylic oxidation sites excluding steroid dienone is 4. The van der Waals surface area contributed by atoms with Crippen molar-refractivity contribution in [3.8, 4) is 0 Å². The van der Waals surface area contributed by atoms with E-state index in [0.29, 0.717) is 0 Å². The molecule has 0 aliphatic heterocycles. The molecule has 1 aliphatic rings. The number of hydrogen-bond acceptors (Lipinski definition) is 8. The molecule has 0 aromatic rings. The van der Waals surface area contributed by atoms with Crippen molar-refractivity contribution >= 4 is 42.9 Å². The lowest BCUT2D eigenvalue weighted by Gasteiger charge is -2.36. The molecule has 0 radical (unpaired) electrons. The molecule has 0 aromatic carbocycles. The first-order valence-corrected chi connectivity index (χ1v) is 15.7. The summed E-state index contributed by atoms with van der Waals surface area (Å²) in [6, 6.07) is 0. The molecule has 1 N–H and O–H groups in total. The van der Waals surface area contributed by atoms with Crippen LogP contribution in [0.2, 0.25) is 0 Å². The smallest absolute Gasteiger partial charge is 0.220 e. The highest BCUT2D eigenvalue weighted by atomic mass is 32.2. The van der Waals surface area contributed by atoms with Gasteiger partial charge < -0.3 is 5.32 Å². The van der Waals surface area contributed by atoms with Gasteiger partial charge in [0.2, 0.25) is 5.91 Å². The van der Waals surface area contributed by atoms with Crippen molar-refractivity contribution in [2.75, 3.05) is 18.1 Å². The molecular weight excluding hydrogens is 530 g/mol. The summed E-state index contributed by atoms with van der Waals surface area (Å²) in [4.78, 5) is 52.2. The summed E-state index contributed by atoms with van der Waals surface area (Å²) in [5, 5.41) is 4.20. The zero-order chi connectivity index (χ0) is 29.7. The second-order valence-electron chi connectivity index (χ2n) is 10.8. The molecule has 11 heteroatoms. The first-order valence-electron chi connectivity index (χ1n) is 12.2. The Hall–Kier alpha value is -2.66. The van der Waals surface area contributed by atoms with E-state index in [1.165, 1.54) is 13.8 Å². The maximum absolute atomic E-state index is 13.5. The van der Waals surface area contributed by atoms with Gasteiger partial charge in [0.25, 0.3) is 0 Å². The lowest BCUT2D eigenvalue weighted by atomic mass is 9.65. The number of rotatable bonds is 15. The summed E-state index contributed by atoms with van der Waals surface area (Å²) in [5.41, 5.74) is -1.17. The Morgan fingerprint density at radius 1 is 0.789 bits per heavy atom. The molecular formula is C27H39NO8S2. The molecule has 0 bridgehead atoms. The Labute approximate surface area is 226 Å². The lowest BCUT2D eigenvalue weighted by Crippen LogP contribution is -2.38. The number of carbonyl (C=O) groups is 4. The SMILES string of the molecule is C=CS(=O)(=O)CCCC(=O)CC(C)(C)C1=C(C)C(=O)C(C(C)(C)CC(=O)NCCS(=O)(=O)C=C)=C(C)C1=O. The van der Waals surface area contributed by atoms with Crippen molar-refractivity contribution in [1.29, 1.82) is 0 Å². The summed E-state index contributed by atoms with van der Waals surface area (Å²) >= 11 is 0. The van der Waals surface area contributed by atoms with Gasteiger partial charge in [-0.3, -0.25) is 19.2 Å². The van der Waals surface area contributed by atoms with Gasteiger partial charge in [0.05, 0.1) is 11.5 Å². The monoisotopic (exact) mass is 569 g/mol. The summed E-state index contributed by atoms with van der Waals surface area (Å²) in [6.45, 7) is 16.1. The maximum atomic E-state index is 13.5.